The van der Waals surface area contributed by atoms with Gasteiger partial charge in [-0.1, -0.05) is 6.07 Å². The number of carboxylic acids is 1. The molecule has 0 aliphatic heterocycles. The van der Waals surface area contributed by atoms with Crippen LogP contribution in [0.3, 0.4) is 0 Å². The van der Waals surface area contributed by atoms with Gasteiger partial charge in [-0.15, -0.1) is 0 Å². The lowest BCUT2D eigenvalue weighted by Gasteiger charge is -2.13. The van der Waals surface area contributed by atoms with Crippen LogP contribution in [0.15, 0.2) is 36.4 Å². The number of benzene rings is 2. The van der Waals surface area contributed by atoms with Crippen LogP contribution in [-0.4, -0.2) is 30.8 Å². The van der Waals surface area contributed by atoms with Crippen LogP contribution in [0.1, 0.15) is 18.4 Å². The average molecular weight is 376 g/mol. The Labute approximate surface area is 156 Å². The number of aliphatic carboxylic acids is 1. The van der Waals surface area contributed by atoms with E-state index in [-0.39, 0.29) is 24.4 Å². The molecule has 0 heterocycles. The van der Waals surface area contributed by atoms with Crippen LogP contribution in [-0.2, 0) is 4.79 Å². The smallest absolute Gasteiger partial charge is 0.319 e. The number of rotatable bonds is 8. The van der Waals surface area contributed by atoms with E-state index in [9.17, 15) is 14.0 Å². The minimum Gasteiger partial charge on any atom is -0.493 e. The maximum absolute atomic E-state index is 14.3. The van der Waals surface area contributed by atoms with E-state index in [1.807, 2.05) is 13.0 Å². The molecule has 0 fully saturated rings. The molecular weight excluding hydrogens is 355 g/mol. The van der Waals surface area contributed by atoms with Gasteiger partial charge in [0.25, 0.3) is 0 Å². The number of anilines is 1. The number of hydrogen-bond acceptors (Lipinski definition) is 4. The quantitative estimate of drug-likeness (QED) is 0.607. The lowest BCUT2D eigenvalue weighted by atomic mass is 10.2. The van der Waals surface area contributed by atoms with Crippen LogP contribution in [0.2, 0.25) is 0 Å². The Morgan fingerprint density at radius 1 is 1.11 bits per heavy atom. The number of methoxy groups -OCH3 is 1. The van der Waals surface area contributed by atoms with Gasteiger partial charge in [-0.05, 0) is 43.2 Å². The summed E-state index contributed by atoms with van der Waals surface area (Å²) >= 11 is 0. The highest BCUT2D eigenvalue weighted by molar-refractivity contribution is 5.89. The number of amides is 2. The van der Waals surface area contributed by atoms with E-state index in [2.05, 4.69) is 10.6 Å². The molecule has 0 unspecified atom stereocenters. The molecule has 7 nitrogen and oxygen atoms in total. The van der Waals surface area contributed by atoms with Gasteiger partial charge < -0.3 is 25.2 Å². The first-order valence-electron chi connectivity index (χ1n) is 8.27. The minimum atomic E-state index is -0.930. The summed E-state index contributed by atoms with van der Waals surface area (Å²) in [5, 5.41) is 13.5. The van der Waals surface area contributed by atoms with E-state index >= 15 is 0 Å². The molecule has 0 radical (unpaired) electrons. The fourth-order valence-electron chi connectivity index (χ4n) is 2.26. The molecule has 0 bridgehead atoms. The monoisotopic (exact) mass is 376 g/mol. The summed E-state index contributed by atoms with van der Waals surface area (Å²) in [6.45, 7) is 2.11. The van der Waals surface area contributed by atoms with Crippen LogP contribution in [0, 0.1) is 12.7 Å². The number of aryl methyl sites for hydroxylation is 1. The van der Waals surface area contributed by atoms with Crippen molar-refractivity contribution in [3.63, 3.8) is 0 Å². The molecule has 0 aliphatic rings. The van der Waals surface area contributed by atoms with Gasteiger partial charge in [-0.25, -0.2) is 9.18 Å². The number of halogens is 1. The molecule has 0 aliphatic carbocycles. The standard InChI is InChI=1S/C19H21FN2O5/c1-12-5-7-16(17(10-12)26-2)27-15-8-6-13(11-14(15)20)22-19(25)21-9-3-4-18(23)24/h5-8,10-11H,3-4,9H2,1-2H3,(H,23,24)(H2,21,22,25). The highest BCUT2D eigenvalue weighted by Gasteiger charge is 2.11. The van der Waals surface area contributed by atoms with E-state index in [1.165, 1.54) is 19.2 Å². The van der Waals surface area contributed by atoms with Crippen LogP contribution in [0.4, 0.5) is 14.9 Å². The average Bonchev–Trinajstić information content (AvgIpc) is 2.62. The maximum atomic E-state index is 14.3. The molecule has 0 spiro atoms. The number of nitrogens with one attached hydrogen (secondary N) is 2. The Morgan fingerprint density at radius 2 is 1.85 bits per heavy atom. The van der Waals surface area contributed by atoms with Gasteiger partial charge >= 0.3 is 12.0 Å². The molecule has 8 heteroatoms. The van der Waals surface area contributed by atoms with Crippen LogP contribution in [0.25, 0.3) is 0 Å². The van der Waals surface area contributed by atoms with Gasteiger partial charge in [0, 0.05) is 24.7 Å². The van der Waals surface area contributed by atoms with Crippen molar-refractivity contribution in [2.45, 2.75) is 19.8 Å². The topological polar surface area (TPSA) is 96.9 Å². The van der Waals surface area contributed by atoms with E-state index in [0.717, 1.165) is 11.6 Å². The molecule has 2 amide bonds. The Kier molecular flexibility index (Phi) is 6.99. The number of carboxylic acid groups (broad SMARTS) is 1. The summed E-state index contributed by atoms with van der Waals surface area (Å²) in [6.07, 6.45) is 0.270. The summed E-state index contributed by atoms with van der Waals surface area (Å²) in [5.74, 6) is -0.734. The summed E-state index contributed by atoms with van der Waals surface area (Å²) in [6, 6.07) is 8.76. The predicted molar refractivity (Wildman–Crippen MR) is 98.1 cm³/mol. The van der Waals surface area contributed by atoms with E-state index < -0.39 is 17.8 Å². The summed E-state index contributed by atoms with van der Waals surface area (Å²) in [7, 11) is 1.50. The van der Waals surface area contributed by atoms with Gasteiger partial charge in [-0.3, -0.25) is 4.79 Å². The first kappa shape index (κ1) is 20.0. The van der Waals surface area contributed by atoms with Crippen molar-refractivity contribution >= 4 is 17.7 Å². The Hall–Kier alpha value is -3.29. The molecule has 2 rings (SSSR count). The fourth-order valence-corrected chi connectivity index (χ4v) is 2.26. The lowest BCUT2D eigenvalue weighted by Crippen LogP contribution is -2.29. The van der Waals surface area contributed by atoms with Crippen LogP contribution in [0.5, 0.6) is 17.2 Å². The first-order chi connectivity index (χ1) is 12.9. The van der Waals surface area contributed by atoms with Crippen molar-refractivity contribution in [2.75, 3.05) is 19.0 Å². The zero-order chi connectivity index (χ0) is 19.8. The van der Waals surface area contributed by atoms with Crippen molar-refractivity contribution < 1.29 is 28.6 Å². The molecule has 2 aromatic carbocycles. The van der Waals surface area contributed by atoms with E-state index in [4.69, 9.17) is 14.6 Å². The first-order valence-corrected chi connectivity index (χ1v) is 8.27. The van der Waals surface area contributed by atoms with Gasteiger partial charge in [0.2, 0.25) is 0 Å². The fraction of sp³-hybridized carbons (Fsp3) is 0.263. The summed E-state index contributed by atoms with van der Waals surface area (Å²) in [4.78, 5) is 22.1. The van der Waals surface area contributed by atoms with Crippen molar-refractivity contribution in [3.05, 3.63) is 47.8 Å². The maximum Gasteiger partial charge on any atom is 0.319 e. The molecule has 2 aromatic rings. The second-order valence-corrected chi connectivity index (χ2v) is 5.78. The van der Waals surface area contributed by atoms with Gasteiger partial charge in [-0.2, -0.15) is 0 Å². The lowest BCUT2D eigenvalue weighted by molar-refractivity contribution is -0.137. The Morgan fingerprint density at radius 3 is 2.52 bits per heavy atom. The van der Waals surface area contributed by atoms with Crippen LogP contribution >= 0.6 is 0 Å². The third-order valence-electron chi connectivity index (χ3n) is 3.58. The third-order valence-corrected chi connectivity index (χ3v) is 3.58. The zero-order valence-corrected chi connectivity index (χ0v) is 15.0. The number of hydrogen-bond donors (Lipinski definition) is 3. The molecule has 0 atom stereocenters. The third kappa shape index (κ3) is 6.18. The van der Waals surface area contributed by atoms with E-state index in [1.54, 1.807) is 12.1 Å². The van der Waals surface area contributed by atoms with Crippen molar-refractivity contribution in [1.29, 1.82) is 0 Å². The SMILES string of the molecule is COc1cc(C)ccc1Oc1ccc(NC(=O)NCCCC(=O)O)cc1F. The molecule has 0 saturated carbocycles. The molecule has 0 aromatic heterocycles. The largest absolute Gasteiger partial charge is 0.493 e. The van der Waals surface area contributed by atoms with Gasteiger partial charge in [0.15, 0.2) is 23.1 Å². The van der Waals surface area contributed by atoms with Gasteiger partial charge in [0.1, 0.15) is 0 Å². The molecule has 27 heavy (non-hydrogen) atoms. The highest BCUT2D eigenvalue weighted by atomic mass is 19.1. The Balaban J connectivity index is 1.97. The number of urea groups is 1. The second kappa shape index (κ2) is 9.42. The zero-order valence-electron chi connectivity index (χ0n) is 15.0. The van der Waals surface area contributed by atoms with Crippen molar-refractivity contribution in [3.8, 4) is 17.2 Å². The molecule has 3 N–H and O–H groups in total. The van der Waals surface area contributed by atoms with Crippen molar-refractivity contribution in [2.24, 2.45) is 0 Å². The van der Waals surface area contributed by atoms with Crippen molar-refractivity contribution in [1.82, 2.24) is 5.32 Å². The minimum absolute atomic E-state index is 0.00966. The number of carbonyl (C=O) groups excluding carboxylic acids is 1. The number of ether oxygens (including phenoxy) is 2. The summed E-state index contributed by atoms with van der Waals surface area (Å²) in [5.41, 5.74) is 1.22. The highest BCUT2D eigenvalue weighted by Crippen LogP contribution is 2.34. The second-order valence-electron chi connectivity index (χ2n) is 5.78. The summed E-state index contributed by atoms with van der Waals surface area (Å²) < 4.78 is 25.1. The molecule has 144 valence electrons. The van der Waals surface area contributed by atoms with E-state index in [0.29, 0.717) is 17.9 Å². The Bertz CT molecular complexity index is 826. The number of carbonyl (C=O) groups is 2. The molecular formula is C19H21FN2O5. The normalized spacial score (nSPS) is 10.2. The van der Waals surface area contributed by atoms with Gasteiger partial charge in [0.05, 0.1) is 7.11 Å². The van der Waals surface area contributed by atoms with Crippen LogP contribution < -0.4 is 20.1 Å². The molecule has 0 saturated heterocycles. The predicted octanol–water partition coefficient (Wildman–Crippen LogP) is 3.92.